The highest BCUT2D eigenvalue weighted by molar-refractivity contribution is 5.83. The molecule has 230 valence electrons. The number of benzene rings is 2. The van der Waals surface area contributed by atoms with E-state index in [1.807, 2.05) is 36.6 Å². The quantitative estimate of drug-likeness (QED) is 0.349. The van der Waals surface area contributed by atoms with Crippen molar-refractivity contribution in [3.05, 3.63) is 76.9 Å². The molecule has 5 rings (SSSR count). The van der Waals surface area contributed by atoms with Gasteiger partial charge in [-0.25, -0.2) is 4.79 Å². The Balaban J connectivity index is 1.24. The number of nitrogens with one attached hydrogen (secondary N) is 1. The maximum absolute atomic E-state index is 13.5. The number of likely N-dealkylation sites (tertiary alicyclic amines) is 2. The lowest BCUT2D eigenvalue weighted by Gasteiger charge is -2.43. The van der Waals surface area contributed by atoms with Crippen LogP contribution in [0.5, 0.6) is 0 Å². The Hall–Kier alpha value is -3.65. The summed E-state index contributed by atoms with van der Waals surface area (Å²) in [6.45, 7) is 8.28. The molecule has 2 aromatic carbocycles. The first-order valence-corrected chi connectivity index (χ1v) is 15.7. The Morgan fingerprint density at radius 3 is 2.44 bits per heavy atom. The molecule has 0 spiro atoms. The van der Waals surface area contributed by atoms with Gasteiger partial charge in [0.2, 0.25) is 5.91 Å². The minimum Gasteiger partial charge on any atom is -0.460 e. The molecule has 0 unspecified atom stereocenters. The zero-order valence-electron chi connectivity index (χ0n) is 25.8. The molecular weight excluding hydrogens is 542 g/mol. The van der Waals surface area contributed by atoms with Crippen LogP contribution in [0, 0.1) is 0 Å². The lowest BCUT2D eigenvalue weighted by molar-refractivity contribution is -0.154. The van der Waals surface area contributed by atoms with Crippen LogP contribution < -0.4 is 5.32 Å². The summed E-state index contributed by atoms with van der Waals surface area (Å²) in [5, 5.41) is 2.99. The molecule has 8 heteroatoms. The number of carbonyl (C=O) groups is 3. The summed E-state index contributed by atoms with van der Waals surface area (Å²) in [4.78, 5) is 41.2. The van der Waals surface area contributed by atoms with E-state index < -0.39 is 5.60 Å². The van der Waals surface area contributed by atoms with Crippen LogP contribution in [0.3, 0.4) is 0 Å². The van der Waals surface area contributed by atoms with Crippen LogP contribution >= 0.6 is 0 Å². The van der Waals surface area contributed by atoms with E-state index in [1.165, 1.54) is 27.8 Å². The number of piperidine rings is 2. The lowest BCUT2D eigenvalue weighted by atomic mass is 9.87. The molecule has 2 atom stereocenters. The van der Waals surface area contributed by atoms with Gasteiger partial charge in [0.25, 0.3) is 0 Å². The maximum atomic E-state index is 13.5. The first-order valence-electron chi connectivity index (χ1n) is 15.7. The van der Waals surface area contributed by atoms with Crippen molar-refractivity contribution in [3.63, 3.8) is 0 Å². The molecule has 3 aliphatic rings. The predicted molar refractivity (Wildman–Crippen MR) is 166 cm³/mol. The number of esters is 1. The number of hydrogen-bond donors (Lipinski definition) is 1. The molecule has 3 fully saturated rings. The number of aryl methyl sites for hydroxylation is 1. The summed E-state index contributed by atoms with van der Waals surface area (Å²) in [6, 6.07) is 19.2. The number of rotatable bonds is 7. The zero-order chi connectivity index (χ0) is 30.4. The van der Waals surface area contributed by atoms with Gasteiger partial charge in [0.15, 0.2) is 0 Å². The van der Waals surface area contributed by atoms with Gasteiger partial charge in [0.1, 0.15) is 12.2 Å². The van der Waals surface area contributed by atoms with Crippen LogP contribution in [0.15, 0.2) is 60.2 Å². The summed E-state index contributed by atoms with van der Waals surface area (Å²) in [7, 11) is 0. The minimum absolute atomic E-state index is 0.00758. The number of fused-ring (bicyclic) bond motifs is 1. The van der Waals surface area contributed by atoms with Gasteiger partial charge in [-0.05, 0) is 81.6 Å². The number of ether oxygens (including phenoxy) is 2. The van der Waals surface area contributed by atoms with E-state index >= 15 is 0 Å². The Morgan fingerprint density at radius 1 is 0.953 bits per heavy atom. The number of nitrogens with zero attached hydrogens (tertiary/aromatic N) is 2. The Morgan fingerprint density at radius 2 is 1.70 bits per heavy atom. The Bertz CT molecular complexity index is 1320. The van der Waals surface area contributed by atoms with Gasteiger partial charge < -0.3 is 24.6 Å². The second-order valence-electron chi connectivity index (χ2n) is 12.9. The minimum atomic E-state index is -0.448. The number of unbranched alkanes of at least 4 members (excludes halogenated alkanes) is 1. The van der Waals surface area contributed by atoms with E-state index in [9.17, 15) is 14.4 Å². The first-order chi connectivity index (χ1) is 20.7. The van der Waals surface area contributed by atoms with E-state index in [2.05, 4.69) is 53.8 Å². The highest BCUT2D eigenvalue weighted by Crippen LogP contribution is 2.33. The molecule has 3 aliphatic heterocycles. The van der Waals surface area contributed by atoms with E-state index in [0.29, 0.717) is 32.6 Å². The number of morpholine rings is 1. The van der Waals surface area contributed by atoms with Crippen LogP contribution in [0.2, 0.25) is 0 Å². The fourth-order valence-corrected chi connectivity index (χ4v) is 6.34. The topological polar surface area (TPSA) is 88.2 Å². The molecule has 8 nitrogen and oxygen atoms in total. The van der Waals surface area contributed by atoms with Crippen molar-refractivity contribution in [2.75, 3.05) is 32.8 Å². The molecule has 0 bridgehead atoms. The van der Waals surface area contributed by atoms with Crippen LogP contribution in [-0.4, -0.2) is 78.2 Å². The van der Waals surface area contributed by atoms with Crippen LogP contribution in [0.25, 0.3) is 5.57 Å². The van der Waals surface area contributed by atoms with Crippen LogP contribution in [0.1, 0.15) is 76.0 Å². The number of carbonyl (C=O) groups excluding carboxylic acids is 3. The van der Waals surface area contributed by atoms with E-state index in [-0.39, 0.29) is 36.7 Å². The molecule has 0 radical (unpaired) electrons. The molecular formula is C35H45N3O5. The van der Waals surface area contributed by atoms with E-state index in [1.54, 1.807) is 0 Å². The van der Waals surface area contributed by atoms with Gasteiger partial charge in [-0.15, -0.1) is 0 Å². The summed E-state index contributed by atoms with van der Waals surface area (Å²) in [6.07, 6.45) is 5.42. The fourth-order valence-electron chi connectivity index (χ4n) is 6.34. The molecule has 0 aliphatic carbocycles. The highest BCUT2D eigenvalue weighted by atomic mass is 16.6. The van der Waals surface area contributed by atoms with Crippen molar-refractivity contribution in [2.24, 2.45) is 0 Å². The highest BCUT2D eigenvalue weighted by Gasteiger charge is 2.37. The zero-order valence-corrected chi connectivity index (χ0v) is 25.8. The third-order valence-electron chi connectivity index (χ3n) is 8.38. The van der Waals surface area contributed by atoms with Crippen molar-refractivity contribution in [3.8, 4) is 0 Å². The largest absolute Gasteiger partial charge is 0.460 e. The third-order valence-corrected chi connectivity index (χ3v) is 8.38. The van der Waals surface area contributed by atoms with Crippen molar-refractivity contribution in [2.45, 2.75) is 83.5 Å². The van der Waals surface area contributed by atoms with Crippen molar-refractivity contribution >= 4 is 23.5 Å². The fraction of sp³-hybridized carbons (Fsp3) is 0.514. The molecule has 3 heterocycles. The van der Waals surface area contributed by atoms with Crippen LogP contribution in [-0.2, 0) is 25.5 Å². The van der Waals surface area contributed by atoms with E-state index in [4.69, 9.17) is 9.47 Å². The SMILES string of the molecule is CC(C)(C)OC(=O)CCCCc1cccc(C(=C2CCN(C(=O)N3CC[C@@H]4OCC(=O)N[C@@H]4C3)CC2)c2ccccc2)c1. The van der Waals surface area contributed by atoms with Gasteiger partial charge >= 0.3 is 12.0 Å². The average molecular weight is 588 g/mol. The molecule has 0 aromatic heterocycles. The summed E-state index contributed by atoms with van der Waals surface area (Å²) in [5.41, 5.74) is 5.81. The smallest absolute Gasteiger partial charge is 0.320 e. The summed E-state index contributed by atoms with van der Waals surface area (Å²) in [5.74, 6) is -0.247. The van der Waals surface area contributed by atoms with Gasteiger partial charge in [-0.1, -0.05) is 60.2 Å². The van der Waals surface area contributed by atoms with Crippen molar-refractivity contribution in [1.82, 2.24) is 15.1 Å². The van der Waals surface area contributed by atoms with Crippen molar-refractivity contribution in [1.29, 1.82) is 0 Å². The molecule has 0 saturated carbocycles. The Labute approximate surface area is 255 Å². The second-order valence-corrected chi connectivity index (χ2v) is 12.9. The first kappa shape index (κ1) is 30.8. The van der Waals surface area contributed by atoms with E-state index in [0.717, 1.165) is 38.5 Å². The third kappa shape index (κ3) is 8.25. The van der Waals surface area contributed by atoms with Crippen molar-refractivity contribution < 1.29 is 23.9 Å². The number of amides is 3. The summed E-state index contributed by atoms with van der Waals surface area (Å²) >= 11 is 0. The second kappa shape index (κ2) is 13.8. The van der Waals surface area contributed by atoms with Gasteiger partial charge in [-0.3, -0.25) is 9.59 Å². The molecule has 2 aromatic rings. The van der Waals surface area contributed by atoms with Gasteiger partial charge in [-0.2, -0.15) is 0 Å². The number of urea groups is 1. The maximum Gasteiger partial charge on any atom is 0.320 e. The molecule has 3 saturated heterocycles. The predicted octanol–water partition coefficient (Wildman–Crippen LogP) is 5.35. The molecule has 1 N–H and O–H groups in total. The monoisotopic (exact) mass is 587 g/mol. The van der Waals surface area contributed by atoms with Crippen LogP contribution in [0.4, 0.5) is 4.79 Å². The Kier molecular flexibility index (Phi) is 9.86. The normalized spacial score (nSPS) is 20.7. The standard InChI is InChI=1S/C35H45N3O5/c1-35(2,3)43-32(40)15-8-7-10-25-11-9-14-28(22-25)33(26-12-5-4-6-13-26)27-16-19-37(20-17-27)34(41)38-21-18-30-29(23-38)36-31(39)24-42-30/h4-6,9,11-14,22,29-30H,7-8,10,15-21,23-24H2,1-3H3,(H,36,39)/t29-,30+/m1/s1. The number of hydrogen-bond acceptors (Lipinski definition) is 5. The van der Waals surface area contributed by atoms with Gasteiger partial charge in [0.05, 0.1) is 12.1 Å². The average Bonchev–Trinajstić information content (AvgIpc) is 2.99. The molecule has 3 amide bonds. The molecule has 43 heavy (non-hydrogen) atoms. The lowest BCUT2D eigenvalue weighted by Crippen LogP contribution is -2.62. The summed E-state index contributed by atoms with van der Waals surface area (Å²) < 4.78 is 11.1. The van der Waals surface area contributed by atoms with Gasteiger partial charge in [0, 0.05) is 32.6 Å².